The lowest BCUT2D eigenvalue weighted by Crippen LogP contribution is -2.21. The van der Waals surface area contributed by atoms with E-state index in [0.29, 0.717) is 11.4 Å². The average molecular weight is 267 g/mol. The lowest BCUT2D eigenvalue weighted by atomic mass is 10.0. The lowest BCUT2D eigenvalue weighted by Gasteiger charge is -2.16. The van der Waals surface area contributed by atoms with Crippen molar-refractivity contribution in [1.82, 2.24) is 9.97 Å². The Balaban J connectivity index is 2.48. The zero-order valence-electron chi connectivity index (χ0n) is 10.1. The van der Waals surface area contributed by atoms with Crippen LogP contribution in [-0.4, -0.2) is 9.97 Å². The Kier molecular flexibility index (Phi) is 3.53. The van der Waals surface area contributed by atoms with Gasteiger partial charge in [-0.1, -0.05) is 6.07 Å². The largest absolute Gasteiger partial charge is 0.418 e. The van der Waals surface area contributed by atoms with Crippen molar-refractivity contribution in [3.63, 3.8) is 0 Å². The number of nitrogens with two attached hydrogens (primary N) is 1. The van der Waals surface area contributed by atoms with E-state index in [4.69, 9.17) is 5.73 Å². The van der Waals surface area contributed by atoms with Gasteiger partial charge in [0, 0.05) is 11.9 Å². The van der Waals surface area contributed by atoms with Crippen LogP contribution in [0.15, 0.2) is 36.5 Å². The third kappa shape index (κ3) is 2.90. The molecular formula is C13H12F3N3. The van der Waals surface area contributed by atoms with Gasteiger partial charge < -0.3 is 5.73 Å². The van der Waals surface area contributed by atoms with Gasteiger partial charge in [0.05, 0.1) is 23.0 Å². The number of nitrogens with zero attached hydrogens (tertiary/aromatic N) is 2. The summed E-state index contributed by atoms with van der Waals surface area (Å²) in [6, 6.07) is 6.25. The van der Waals surface area contributed by atoms with E-state index in [1.807, 2.05) is 0 Å². The minimum Gasteiger partial charge on any atom is -0.318 e. The van der Waals surface area contributed by atoms with Crippen molar-refractivity contribution in [2.45, 2.75) is 19.1 Å². The molecule has 0 saturated heterocycles. The Hall–Kier alpha value is -1.95. The zero-order chi connectivity index (χ0) is 14.0. The molecule has 0 aliphatic rings. The molecule has 0 radical (unpaired) electrons. The van der Waals surface area contributed by atoms with Crippen LogP contribution in [0.2, 0.25) is 0 Å². The van der Waals surface area contributed by atoms with Crippen molar-refractivity contribution < 1.29 is 13.2 Å². The van der Waals surface area contributed by atoms with E-state index in [-0.39, 0.29) is 5.69 Å². The first-order chi connectivity index (χ1) is 8.89. The first kappa shape index (κ1) is 13.5. The average Bonchev–Trinajstić information content (AvgIpc) is 2.37. The van der Waals surface area contributed by atoms with Gasteiger partial charge >= 0.3 is 6.18 Å². The Morgan fingerprint density at radius 1 is 1.16 bits per heavy atom. The summed E-state index contributed by atoms with van der Waals surface area (Å²) in [5, 5.41) is 0. The van der Waals surface area contributed by atoms with E-state index < -0.39 is 17.8 Å². The summed E-state index contributed by atoms with van der Waals surface area (Å²) in [6.45, 7) is 1.75. The summed E-state index contributed by atoms with van der Waals surface area (Å²) in [4.78, 5) is 7.91. The molecule has 0 amide bonds. The molecule has 3 nitrogen and oxygen atoms in total. The molecule has 100 valence electrons. The quantitative estimate of drug-likeness (QED) is 0.910. The molecular weight excluding hydrogens is 255 g/mol. The molecule has 0 aliphatic carbocycles. The van der Waals surface area contributed by atoms with Gasteiger partial charge in [-0.15, -0.1) is 0 Å². The summed E-state index contributed by atoms with van der Waals surface area (Å²) in [7, 11) is 0. The number of pyridine rings is 2. The summed E-state index contributed by atoms with van der Waals surface area (Å²) in [6.07, 6.45) is -3.19. The number of rotatable bonds is 2. The summed E-state index contributed by atoms with van der Waals surface area (Å²) in [5.74, 6) is 0. The third-order valence-electron chi connectivity index (χ3n) is 2.67. The maximum absolute atomic E-state index is 12.9. The number of halogens is 3. The molecule has 1 atom stereocenters. The summed E-state index contributed by atoms with van der Waals surface area (Å²) < 4.78 is 38.7. The molecule has 2 aromatic heterocycles. The van der Waals surface area contributed by atoms with E-state index in [1.54, 1.807) is 25.1 Å². The van der Waals surface area contributed by atoms with Gasteiger partial charge in [0.15, 0.2) is 0 Å². The van der Waals surface area contributed by atoms with Crippen molar-refractivity contribution in [3.8, 4) is 0 Å². The maximum Gasteiger partial charge on any atom is 0.418 e. The number of hydrogen-bond donors (Lipinski definition) is 1. The minimum absolute atomic E-state index is 0.215. The van der Waals surface area contributed by atoms with Gasteiger partial charge in [0.25, 0.3) is 0 Å². The molecule has 0 saturated carbocycles. The van der Waals surface area contributed by atoms with Gasteiger partial charge in [-0.3, -0.25) is 9.97 Å². The molecule has 0 spiro atoms. The number of aryl methyl sites for hydroxylation is 1. The van der Waals surface area contributed by atoms with Gasteiger partial charge in [0.2, 0.25) is 0 Å². The Labute approximate surface area is 108 Å². The molecule has 19 heavy (non-hydrogen) atoms. The lowest BCUT2D eigenvalue weighted by molar-refractivity contribution is -0.138. The molecule has 2 rings (SSSR count). The predicted molar refractivity (Wildman–Crippen MR) is 64.2 cm³/mol. The highest BCUT2D eigenvalue weighted by molar-refractivity contribution is 5.31. The van der Waals surface area contributed by atoms with E-state index in [1.165, 1.54) is 12.3 Å². The Bertz CT molecular complexity index is 581. The molecule has 2 N–H and O–H groups in total. The van der Waals surface area contributed by atoms with Crippen LogP contribution >= 0.6 is 0 Å². The molecule has 2 heterocycles. The number of alkyl halides is 3. The molecule has 2 aromatic rings. The van der Waals surface area contributed by atoms with Gasteiger partial charge in [-0.05, 0) is 31.2 Å². The standard InChI is InChI=1S/C13H12F3N3/c1-8-4-2-6-10(19-8)11(17)12-9(13(14,15)16)5-3-7-18-12/h2-7,11H,17H2,1H3. The summed E-state index contributed by atoms with van der Waals surface area (Å²) >= 11 is 0. The molecule has 0 bridgehead atoms. The van der Waals surface area contributed by atoms with E-state index in [0.717, 1.165) is 6.07 Å². The SMILES string of the molecule is Cc1cccc(C(N)c2ncccc2C(F)(F)F)n1. The van der Waals surface area contributed by atoms with Gasteiger partial charge in [-0.25, -0.2) is 0 Å². The van der Waals surface area contributed by atoms with Crippen LogP contribution in [-0.2, 0) is 6.18 Å². The van der Waals surface area contributed by atoms with Crippen LogP contribution in [0, 0.1) is 6.92 Å². The van der Waals surface area contributed by atoms with Crippen LogP contribution in [0.25, 0.3) is 0 Å². The van der Waals surface area contributed by atoms with Gasteiger partial charge in [0.1, 0.15) is 0 Å². The normalized spacial score (nSPS) is 13.3. The van der Waals surface area contributed by atoms with Crippen molar-refractivity contribution in [2.24, 2.45) is 5.73 Å². The minimum atomic E-state index is -4.48. The molecule has 0 fully saturated rings. The second-order valence-corrected chi connectivity index (χ2v) is 4.12. The van der Waals surface area contributed by atoms with Crippen molar-refractivity contribution in [2.75, 3.05) is 0 Å². The van der Waals surface area contributed by atoms with E-state index in [2.05, 4.69) is 9.97 Å². The van der Waals surface area contributed by atoms with Gasteiger partial charge in [-0.2, -0.15) is 13.2 Å². The predicted octanol–water partition coefficient (Wildman–Crippen LogP) is 2.85. The highest BCUT2D eigenvalue weighted by Gasteiger charge is 2.35. The Morgan fingerprint density at radius 3 is 2.53 bits per heavy atom. The fraction of sp³-hybridized carbons (Fsp3) is 0.231. The second kappa shape index (κ2) is 4.97. The van der Waals surface area contributed by atoms with Crippen LogP contribution in [0.4, 0.5) is 13.2 Å². The zero-order valence-corrected chi connectivity index (χ0v) is 10.1. The fourth-order valence-electron chi connectivity index (χ4n) is 1.78. The van der Waals surface area contributed by atoms with Crippen LogP contribution in [0.1, 0.15) is 28.7 Å². The first-order valence-corrected chi connectivity index (χ1v) is 5.61. The first-order valence-electron chi connectivity index (χ1n) is 5.61. The molecule has 6 heteroatoms. The molecule has 0 aliphatic heterocycles. The fourth-order valence-corrected chi connectivity index (χ4v) is 1.78. The molecule has 0 aromatic carbocycles. The topological polar surface area (TPSA) is 51.8 Å². The van der Waals surface area contributed by atoms with E-state index in [9.17, 15) is 13.2 Å². The van der Waals surface area contributed by atoms with Crippen LogP contribution < -0.4 is 5.73 Å². The second-order valence-electron chi connectivity index (χ2n) is 4.12. The van der Waals surface area contributed by atoms with Crippen LogP contribution in [0.5, 0.6) is 0 Å². The maximum atomic E-state index is 12.9. The van der Waals surface area contributed by atoms with E-state index >= 15 is 0 Å². The van der Waals surface area contributed by atoms with Crippen LogP contribution in [0.3, 0.4) is 0 Å². The molecule has 1 unspecified atom stereocenters. The number of hydrogen-bond acceptors (Lipinski definition) is 3. The number of aromatic nitrogens is 2. The van der Waals surface area contributed by atoms with Crippen molar-refractivity contribution >= 4 is 0 Å². The highest BCUT2D eigenvalue weighted by atomic mass is 19.4. The third-order valence-corrected chi connectivity index (χ3v) is 2.67. The summed E-state index contributed by atoms with van der Waals surface area (Å²) in [5.41, 5.74) is 5.87. The smallest absolute Gasteiger partial charge is 0.318 e. The van der Waals surface area contributed by atoms with Crippen molar-refractivity contribution in [1.29, 1.82) is 0 Å². The monoisotopic (exact) mass is 267 g/mol. The Morgan fingerprint density at radius 2 is 1.89 bits per heavy atom. The van der Waals surface area contributed by atoms with Crippen molar-refractivity contribution in [3.05, 3.63) is 59.2 Å². The highest BCUT2D eigenvalue weighted by Crippen LogP contribution is 2.34.